The number of rotatable bonds is 3. The fourth-order valence-corrected chi connectivity index (χ4v) is 0.612. The molecule has 0 fully saturated rings. The number of alkyl halides is 2. The van der Waals surface area contributed by atoms with Gasteiger partial charge in [-0.1, -0.05) is 6.55 Å². The fourth-order valence-electron chi connectivity index (χ4n) is 0.204. The van der Waals surface area contributed by atoms with Crippen LogP contribution in [-0.4, -0.2) is 28.1 Å². The molecule has 0 aromatic rings. The van der Waals surface area contributed by atoms with Crippen LogP contribution >= 0.6 is 23.2 Å². The average Bonchev–Trinajstić information content (AvgIpc) is 1.91. The molecule has 0 rings (SSSR count). The van der Waals surface area contributed by atoms with Gasteiger partial charge in [0.05, 0.1) is 0 Å². The van der Waals surface area contributed by atoms with Crippen LogP contribution < -0.4 is 0 Å². The molecule has 0 radical (unpaired) electrons. The first-order chi connectivity index (χ1) is 4.33. The zero-order chi connectivity index (χ0) is 7.54. The zero-order valence-corrected chi connectivity index (χ0v) is 8.92. The Morgan fingerprint density at radius 1 is 1.33 bits per heavy atom. The van der Waals surface area contributed by atoms with Gasteiger partial charge in [-0.05, 0) is 6.92 Å². The highest BCUT2D eigenvalue weighted by Gasteiger charge is 1.65. The van der Waals surface area contributed by atoms with Gasteiger partial charge in [-0.3, -0.25) is 0 Å². The van der Waals surface area contributed by atoms with Crippen LogP contribution in [0.15, 0.2) is 0 Å². The van der Waals surface area contributed by atoms with Crippen molar-refractivity contribution in [2.45, 2.75) is 13.5 Å². The van der Waals surface area contributed by atoms with E-state index in [2.05, 4.69) is 6.55 Å². The molecule has 0 saturated carbocycles. The van der Waals surface area contributed by atoms with Crippen molar-refractivity contribution >= 4 is 33.0 Å². The Hall–Kier alpha value is 0.757. The van der Waals surface area contributed by atoms with E-state index in [9.17, 15) is 0 Å². The van der Waals surface area contributed by atoms with Crippen molar-refractivity contribution in [2.24, 2.45) is 0 Å². The van der Waals surface area contributed by atoms with E-state index in [1.54, 1.807) is 0 Å². The molecule has 9 heavy (non-hydrogen) atoms. The van der Waals surface area contributed by atoms with Gasteiger partial charge in [0.1, 0.15) is 0 Å². The van der Waals surface area contributed by atoms with Crippen LogP contribution in [-0.2, 0) is 4.43 Å². The summed E-state index contributed by atoms with van der Waals surface area (Å²) in [5, 5.41) is 0. The van der Waals surface area contributed by atoms with Gasteiger partial charge in [0, 0.05) is 18.4 Å². The lowest BCUT2D eigenvalue weighted by Crippen LogP contribution is -1.88. The Labute approximate surface area is 69.6 Å². The minimum atomic E-state index is -0.0860. The van der Waals surface area contributed by atoms with Gasteiger partial charge in [-0.15, -0.1) is 23.2 Å². The van der Waals surface area contributed by atoms with Crippen molar-refractivity contribution in [2.75, 3.05) is 18.4 Å². The lowest BCUT2D eigenvalue weighted by molar-refractivity contribution is 0.364. The summed E-state index contributed by atoms with van der Waals surface area (Å²) in [6.45, 7) is 5.06. The van der Waals surface area contributed by atoms with E-state index in [1.165, 1.54) is 0 Å². The summed E-state index contributed by atoms with van der Waals surface area (Å²) in [7, 11) is -0.0860. The van der Waals surface area contributed by atoms with Gasteiger partial charge in [0.25, 0.3) is 0 Å². The first-order valence-corrected chi connectivity index (χ1v) is 6.09. The molecule has 0 aliphatic carbocycles. The molecule has 0 atom stereocenters. The van der Waals surface area contributed by atoms with Gasteiger partial charge in [0.15, 0.2) is 9.76 Å². The predicted octanol–water partition coefficient (Wildman–Crippen LogP) is 1.62. The molecular formula is C5H14Cl2OSi. The Kier molecular flexibility index (Phi) is 22.0. The molecule has 0 aliphatic heterocycles. The third kappa shape index (κ3) is 28.3. The molecule has 4 heteroatoms. The Morgan fingerprint density at radius 3 is 1.78 bits per heavy atom. The van der Waals surface area contributed by atoms with Crippen molar-refractivity contribution in [3.8, 4) is 0 Å². The van der Waals surface area contributed by atoms with E-state index in [1.807, 2.05) is 6.92 Å². The number of hydrogen-bond donors (Lipinski definition) is 0. The second-order valence-electron chi connectivity index (χ2n) is 1.16. The highest BCUT2D eigenvalue weighted by Crippen LogP contribution is 1.75. The van der Waals surface area contributed by atoms with Crippen molar-refractivity contribution in [1.82, 2.24) is 0 Å². The Bertz CT molecular complexity index is 34.1. The van der Waals surface area contributed by atoms with E-state index in [0.717, 1.165) is 6.61 Å². The van der Waals surface area contributed by atoms with Crippen LogP contribution in [0, 0.1) is 0 Å². The van der Waals surface area contributed by atoms with Crippen LogP contribution in [0.5, 0.6) is 0 Å². The third-order valence-corrected chi connectivity index (χ3v) is 1.87. The monoisotopic (exact) mass is 188 g/mol. The van der Waals surface area contributed by atoms with E-state index >= 15 is 0 Å². The minimum Gasteiger partial charge on any atom is -0.425 e. The topological polar surface area (TPSA) is 9.23 Å². The second kappa shape index (κ2) is 15.9. The zero-order valence-electron chi connectivity index (χ0n) is 5.99. The molecule has 0 spiro atoms. The van der Waals surface area contributed by atoms with Gasteiger partial charge < -0.3 is 4.43 Å². The molecule has 0 heterocycles. The Morgan fingerprint density at radius 2 is 1.78 bits per heavy atom. The summed E-state index contributed by atoms with van der Waals surface area (Å²) in [5.41, 5.74) is 0. The lowest BCUT2D eigenvalue weighted by Gasteiger charge is -1.86. The summed E-state index contributed by atoms with van der Waals surface area (Å²) in [6, 6.07) is 0. The molecular weight excluding hydrogens is 175 g/mol. The van der Waals surface area contributed by atoms with Crippen molar-refractivity contribution in [1.29, 1.82) is 0 Å². The van der Waals surface area contributed by atoms with Crippen LogP contribution in [0.25, 0.3) is 0 Å². The maximum Gasteiger partial charge on any atom is 0.158 e. The van der Waals surface area contributed by atoms with Gasteiger partial charge in [0.2, 0.25) is 0 Å². The molecule has 0 aromatic heterocycles. The summed E-state index contributed by atoms with van der Waals surface area (Å²) in [5.74, 6) is 1.11. The standard InChI is InChI=1S/C3H10OSi.C2H4Cl2/c1-3-4-5-2;3-1-2-4/h3,5H2,1-2H3;1-2H2. The van der Waals surface area contributed by atoms with Crippen molar-refractivity contribution in [3.05, 3.63) is 0 Å². The van der Waals surface area contributed by atoms with E-state index < -0.39 is 0 Å². The van der Waals surface area contributed by atoms with E-state index in [0.29, 0.717) is 11.8 Å². The van der Waals surface area contributed by atoms with Gasteiger partial charge in [-0.2, -0.15) is 0 Å². The van der Waals surface area contributed by atoms with Crippen molar-refractivity contribution in [3.63, 3.8) is 0 Å². The molecule has 0 aromatic carbocycles. The molecule has 0 saturated heterocycles. The smallest absolute Gasteiger partial charge is 0.158 e. The second-order valence-corrected chi connectivity index (χ2v) is 2.90. The van der Waals surface area contributed by atoms with Crippen LogP contribution in [0.4, 0.5) is 0 Å². The van der Waals surface area contributed by atoms with E-state index in [4.69, 9.17) is 27.6 Å². The van der Waals surface area contributed by atoms with Crippen molar-refractivity contribution < 1.29 is 4.43 Å². The third-order valence-electron chi connectivity index (χ3n) is 0.480. The molecule has 0 bridgehead atoms. The fraction of sp³-hybridized carbons (Fsp3) is 1.00. The van der Waals surface area contributed by atoms with Gasteiger partial charge in [-0.25, -0.2) is 0 Å². The largest absolute Gasteiger partial charge is 0.425 e. The highest BCUT2D eigenvalue weighted by molar-refractivity contribution is 6.26. The average molecular weight is 189 g/mol. The summed E-state index contributed by atoms with van der Waals surface area (Å²) in [6.07, 6.45) is 0. The van der Waals surface area contributed by atoms with Gasteiger partial charge >= 0.3 is 0 Å². The van der Waals surface area contributed by atoms with Crippen LogP contribution in [0.2, 0.25) is 6.55 Å². The molecule has 0 N–H and O–H groups in total. The van der Waals surface area contributed by atoms with Crippen LogP contribution in [0.1, 0.15) is 6.92 Å². The molecule has 1 nitrogen and oxygen atoms in total. The normalized spacial score (nSPS) is 9.33. The lowest BCUT2D eigenvalue weighted by atomic mass is 10.9. The van der Waals surface area contributed by atoms with Crippen LogP contribution in [0.3, 0.4) is 0 Å². The first kappa shape index (κ1) is 12.4. The number of hydrogen-bond acceptors (Lipinski definition) is 1. The molecule has 0 aliphatic rings. The molecule has 0 unspecified atom stereocenters. The Balaban J connectivity index is 0. The maximum atomic E-state index is 5.05. The quantitative estimate of drug-likeness (QED) is 0.484. The summed E-state index contributed by atoms with van der Waals surface area (Å²) in [4.78, 5) is 0. The van der Waals surface area contributed by atoms with E-state index in [-0.39, 0.29) is 9.76 Å². The molecule has 58 valence electrons. The minimum absolute atomic E-state index is 0.0860. The summed E-state index contributed by atoms with van der Waals surface area (Å²) >= 11 is 10.1. The SMILES string of the molecule is CCO[SiH2]C.ClCCCl. The highest BCUT2D eigenvalue weighted by atomic mass is 35.5. The maximum absolute atomic E-state index is 5.05. The number of halogens is 2. The summed E-state index contributed by atoms with van der Waals surface area (Å²) < 4.78 is 4.97. The first-order valence-electron chi connectivity index (χ1n) is 3.03. The molecule has 0 amide bonds. The predicted molar refractivity (Wildman–Crippen MR) is 47.5 cm³/mol.